The molecule has 2 N–H and O–H groups in total. The molecular weight excluding hydrogens is 314 g/mol. The van der Waals surface area contributed by atoms with E-state index >= 15 is 0 Å². The van der Waals surface area contributed by atoms with E-state index < -0.39 is 0 Å². The maximum atomic E-state index is 5.84. The first kappa shape index (κ1) is 17.5. The average molecular weight is 337 g/mol. The summed E-state index contributed by atoms with van der Waals surface area (Å²) in [6, 6.07) is 25.3. The Morgan fingerprint density at radius 3 is 2.00 bits per heavy atom. The summed E-state index contributed by atoms with van der Waals surface area (Å²) in [5.74, 6) is 0. The van der Waals surface area contributed by atoms with Crippen LogP contribution in [-0.2, 0) is 6.42 Å². The Bertz CT molecular complexity index is 916. The molecular formula is C25H23N. The van der Waals surface area contributed by atoms with Crippen molar-refractivity contribution in [1.29, 1.82) is 0 Å². The number of nitrogen functional groups attached to an aromatic ring is 1. The number of benzene rings is 3. The van der Waals surface area contributed by atoms with Crippen molar-refractivity contribution in [2.75, 3.05) is 5.73 Å². The second kappa shape index (κ2) is 8.68. The molecule has 0 aromatic heterocycles. The van der Waals surface area contributed by atoms with E-state index in [0.717, 1.165) is 12.1 Å². The Hall–Kier alpha value is -3.32. The van der Waals surface area contributed by atoms with Gasteiger partial charge >= 0.3 is 0 Å². The minimum atomic E-state index is 0.783. The third-order valence-corrected chi connectivity index (χ3v) is 4.19. The summed E-state index contributed by atoms with van der Waals surface area (Å²) in [5, 5.41) is 0. The van der Waals surface area contributed by atoms with E-state index in [0.29, 0.717) is 0 Å². The Kier molecular flexibility index (Phi) is 5.84. The van der Waals surface area contributed by atoms with E-state index in [4.69, 9.17) is 5.73 Å². The zero-order chi connectivity index (χ0) is 18.2. The topological polar surface area (TPSA) is 26.0 Å². The number of anilines is 1. The highest BCUT2D eigenvalue weighted by Crippen LogP contribution is 2.29. The zero-order valence-corrected chi connectivity index (χ0v) is 14.8. The predicted molar refractivity (Wildman–Crippen MR) is 114 cm³/mol. The van der Waals surface area contributed by atoms with Crippen molar-refractivity contribution in [2.45, 2.75) is 6.42 Å². The molecule has 1 heteroatoms. The van der Waals surface area contributed by atoms with Crippen LogP contribution in [0, 0.1) is 0 Å². The van der Waals surface area contributed by atoms with Crippen LogP contribution in [0.5, 0.6) is 0 Å². The SMILES string of the molecule is C=C/C=C\C=C/Cc1cc(-c2ccccc2)cc(-c2ccc(N)cc2)c1. The van der Waals surface area contributed by atoms with Gasteiger partial charge in [-0.1, -0.05) is 91.6 Å². The normalized spacial score (nSPS) is 11.2. The number of nitrogens with two attached hydrogens (primary N) is 1. The van der Waals surface area contributed by atoms with Gasteiger partial charge in [-0.25, -0.2) is 0 Å². The molecule has 0 spiro atoms. The van der Waals surface area contributed by atoms with Crippen molar-refractivity contribution in [3.8, 4) is 22.3 Å². The fourth-order valence-corrected chi connectivity index (χ4v) is 2.87. The molecule has 0 aliphatic heterocycles. The summed E-state index contributed by atoms with van der Waals surface area (Å²) >= 11 is 0. The standard InChI is InChI=1S/C25H23N/c1-2-3-4-5-7-10-20-17-23(21-11-8-6-9-12-21)19-24(18-20)22-13-15-25(26)16-14-22/h2-9,11-19H,1,10,26H2/b4-3-,7-5-. The first-order valence-corrected chi connectivity index (χ1v) is 8.76. The van der Waals surface area contributed by atoms with E-state index in [1.165, 1.54) is 27.8 Å². The van der Waals surface area contributed by atoms with Crippen molar-refractivity contribution in [3.05, 3.63) is 115 Å². The van der Waals surface area contributed by atoms with Gasteiger partial charge in [-0.05, 0) is 52.4 Å². The molecule has 0 saturated heterocycles. The Labute approximate surface area is 155 Å². The minimum absolute atomic E-state index is 0.783. The molecule has 0 atom stereocenters. The lowest BCUT2D eigenvalue weighted by Crippen LogP contribution is -1.89. The predicted octanol–water partition coefficient (Wildman–Crippen LogP) is 6.44. The van der Waals surface area contributed by atoms with Crippen molar-refractivity contribution in [1.82, 2.24) is 0 Å². The van der Waals surface area contributed by atoms with Crippen LogP contribution in [0.25, 0.3) is 22.3 Å². The van der Waals surface area contributed by atoms with E-state index in [2.05, 4.69) is 73.3 Å². The first-order chi connectivity index (χ1) is 12.8. The van der Waals surface area contributed by atoms with Gasteiger partial charge in [0.05, 0.1) is 0 Å². The molecule has 3 aromatic carbocycles. The van der Waals surface area contributed by atoms with E-state index in [9.17, 15) is 0 Å². The fraction of sp³-hybridized carbons (Fsp3) is 0.0400. The van der Waals surface area contributed by atoms with Gasteiger partial charge in [-0.15, -0.1) is 0 Å². The van der Waals surface area contributed by atoms with E-state index in [-0.39, 0.29) is 0 Å². The van der Waals surface area contributed by atoms with Crippen LogP contribution in [0.2, 0.25) is 0 Å². The summed E-state index contributed by atoms with van der Waals surface area (Å²) in [6.45, 7) is 3.68. The smallest absolute Gasteiger partial charge is 0.0314 e. The van der Waals surface area contributed by atoms with Gasteiger partial charge < -0.3 is 5.73 Å². The number of hydrogen-bond donors (Lipinski definition) is 1. The lowest BCUT2D eigenvalue weighted by atomic mass is 9.95. The van der Waals surface area contributed by atoms with Crippen LogP contribution in [-0.4, -0.2) is 0 Å². The van der Waals surface area contributed by atoms with Gasteiger partial charge in [0, 0.05) is 5.69 Å². The largest absolute Gasteiger partial charge is 0.399 e. The van der Waals surface area contributed by atoms with Gasteiger partial charge in [0.15, 0.2) is 0 Å². The molecule has 1 nitrogen and oxygen atoms in total. The fourth-order valence-electron chi connectivity index (χ4n) is 2.87. The Morgan fingerprint density at radius 1 is 0.692 bits per heavy atom. The van der Waals surface area contributed by atoms with Crippen molar-refractivity contribution in [2.24, 2.45) is 0 Å². The van der Waals surface area contributed by atoms with Crippen LogP contribution < -0.4 is 5.73 Å². The molecule has 128 valence electrons. The van der Waals surface area contributed by atoms with Crippen LogP contribution in [0.3, 0.4) is 0 Å². The molecule has 26 heavy (non-hydrogen) atoms. The van der Waals surface area contributed by atoms with Gasteiger partial charge in [-0.3, -0.25) is 0 Å². The summed E-state index contributed by atoms with van der Waals surface area (Å²) in [5.41, 5.74) is 12.7. The number of hydrogen-bond acceptors (Lipinski definition) is 1. The van der Waals surface area contributed by atoms with Gasteiger partial charge in [0.2, 0.25) is 0 Å². The second-order valence-electron chi connectivity index (χ2n) is 6.16. The van der Waals surface area contributed by atoms with Crippen LogP contribution in [0.1, 0.15) is 5.56 Å². The molecule has 3 aromatic rings. The van der Waals surface area contributed by atoms with Gasteiger partial charge in [0.1, 0.15) is 0 Å². The minimum Gasteiger partial charge on any atom is -0.399 e. The molecule has 0 bridgehead atoms. The molecule has 0 aliphatic carbocycles. The molecule has 0 aliphatic rings. The molecule has 0 amide bonds. The van der Waals surface area contributed by atoms with Crippen LogP contribution in [0.4, 0.5) is 5.69 Å². The third-order valence-electron chi connectivity index (χ3n) is 4.19. The summed E-state index contributed by atoms with van der Waals surface area (Å²) in [6.07, 6.45) is 10.8. The molecule has 0 saturated carbocycles. The molecule has 0 heterocycles. The van der Waals surface area contributed by atoms with Crippen LogP contribution in [0.15, 0.2) is 110 Å². The maximum absolute atomic E-state index is 5.84. The molecule has 0 fully saturated rings. The Balaban J connectivity index is 1.99. The second-order valence-corrected chi connectivity index (χ2v) is 6.16. The van der Waals surface area contributed by atoms with E-state index in [1.807, 2.05) is 30.4 Å². The quantitative estimate of drug-likeness (QED) is 0.406. The van der Waals surface area contributed by atoms with Crippen molar-refractivity contribution in [3.63, 3.8) is 0 Å². The summed E-state index contributed by atoms with van der Waals surface area (Å²) < 4.78 is 0. The number of allylic oxidation sites excluding steroid dienone is 5. The van der Waals surface area contributed by atoms with E-state index in [1.54, 1.807) is 6.08 Å². The zero-order valence-electron chi connectivity index (χ0n) is 14.8. The average Bonchev–Trinajstić information content (AvgIpc) is 2.69. The highest BCUT2D eigenvalue weighted by atomic mass is 14.5. The van der Waals surface area contributed by atoms with Gasteiger partial charge in [-0.2, -0.15) is 0 Å². The highest BCUT2D eigenvalue weighted by molar-refractivity contribution is 5.75. The highest BCUT2D eigenvalue weighted by Gasteiger charge is 2.05. The Morgan fingerprint density at radius 2 is 1.35 bits per heavy atom. The maximum Gasteiger partial charge on any atom is 0.0314 e. The summed E-state index contributed by atoms with van der Waals surface area (Å²) in [7, 11) is 0. The lowest BCUT2D eigenvalue weighted by molar-refractivity contribution is 1.27. The summed E-state index contributed by atoms with van der Waals surface area (Å²) in [4.78, 5) is 0. The van der Waals surface area contributed by atoms with Crippen LogP contribution >= 0.6 is 0 Å². The first-order valence-electron chi connectivity index (χ1n) is 8.76. The third kappa shape index (κ3) is 4.61. The lowest BCUT2D eigenvalue weighted by Gasteiger charge is -2.10. The monoisotopic (exact) mass is 337 g/mol. The molecule has 0 unspecified atom stereocenters. The molecule has 0 radical (unpaired) electrons. The van der Waals surface area contributed by atoms with Crippen molar-refractivity contribution < 1.29 is 0 Å². The number of rotatable bonds is 6. The molecule has 3 rings (SSSR count). The van der Waals surface area contributed by atoms with Crippen molar-refractivity contribution >= 4 is 5.69 Å². The van der Waals surface area contributed by atoms with Gasteiger partial charge in [0.25, 0.3) is 0 Å².